The number of hydrogen-bond acceptors (Lipinski definition) is 3. The Morgan fingerprint density at radius 3 is 2.70 bits per heavy atom. The molecule has 1 atom stereocenters. The highest BCUT2D eigenvalue weighted by molar-refractivity contribution is 6.34. The molecule has 0 aliphatic carbocycles. The molecule has 20 heavy (non-hydrogen) atoms. The first-order valence-corrected chi connectivity index (χ1v) is 6.83. The first-order chi connectivity index (χ1) is 9.43. The molecular weight excluding hydrogens is 278 g/mol. The molecule has 0 bridgehead atoms. The molecule has 1 unspecified atom stereocenters. The Hall–Kier alpha value is -1.59. The molecule has 108 valence electrons. The Labute approximate surface area is 123 Å². The molecule has 0 spiro atoms. The zero-order valence-electron chi connectivity index (χ0n) is 11.6. The molecule has 2 N–H and O–H groups in total. The third kappa shape index (κ3) is 2.78. The van der Waals surface area contributed by atoms with Crippen molar-refractivity contribution in [1.29, 1.82) is 0 Å². The van der Waals surface area contributed by atoms with Crippen molar-refractivity contribution in [2.75, 3.05) is 32.1 Å². The number of anilines is 1. The molecule has 1 aromatic rings. The fraction of sp³-hybridized carbons (Fsp3) is 0.429. The van der Waals surface area contributed by atoms with Gasteiger partial charge in [0.2, 0.25) is 5.91 Å². The van der Waals surface area contributed by atoms with Crippen LogP contribution in [-0.2, 0) is 4.79 Å². The zero-order chi connectivity index (χ0) is 14.9. The van der Waals surface area contributed by atoms with Crippen LogP contribution in [0.4, 0.5) is 5.69 Å². The Kier molecular flexibility index (Phi) is 4.30. The van der Waals surface area contributed by atoms with Crippen LogP contribution in [0.15, 0.2) is 18.2 Å². The van der Waals surface area contributed by atoms with Crippen LogP contribution in [-0.4, -0.2) is 43.9 Å². The number of carbonyl (C=O) groups excluding carboxylic acids is 2. The summed E-state index contributed by atoms with van der Waals surface area (Å²) in [5.74, 6) is 0.0710. The number of amides is 2. The first-order valence-electron chi connectivity index (χ1n) is 6.45. The summed E-state index contributed by atoms with van der Waals surface area (Å²) in [6.07, 6.45) is 0.465. The van der Waals surface area contributed by atoms with Gasteiger partial charge in [-0.15, -0.1) is 0 Å². The van der Waals surface area contributed by atoms with Gasteiger partial charge in [-0.2, -0.15) is 0 Å². The van der Waals surface area contributed by atoms with Crippen molar-refractivity contribution in [2.45, 2.75) is 6.42 Å². The molecule has 1 fully saturated rings. The Morgan fingerprint density at radius 2 is 2.20 bits per heavy atom. The minimum Gasteiger partial charge on any atom is -0.345 e. The van der Waals surface area contributed by atoms with E-state index in [4.69, 9.17) is 17.3 Å². The average Bonchev–Trinajstić information content (AvgIpc) is 2.79. The summed E-state index contributed by atoms with van der Waals surface area (Å²) in [5, 5.41) is 0.352. The number of benzene rings is 1. The Morgan fingerprint density at radius 1 is 1.50 bits per heavy atom. The van der Waals surface area contributed by atoms with Gasteiger partial charge >= 0.3 is 0 Å². The van der Waals surface area contributed by atoms with E-state index in [1.54, 1.807) is 37.2 Å². The van der Waals surface area contributed by atoms with Crippen molar-refractivity contribution in [1.82, 2.24) is 4.90 Å². The molecule has 1 heterocycles. The van der Waals surface area contributed by atoms with Crippen LogP contribution in [0.3, 0.4) is 0 Å². The summed E-state index contributed by atoms with van der Waals surface area (Å²) in [4.78, 5) is 27.0. The van der Waals surface area contributed by atoms with Crippen LogP contribution in [0.2, 0.25) is 5.02 Å². The molecule has 6 heteroatoms. The second-order valence-corrected chi connectivity index (χ2v) is 5.58. The highest BCUT2D eigenvalue weighted by atomic mass is 35.5. The highest BCUT2D eigenvalue weighted by Gasteiger charge is 2.30. The number of halogens is 1. The predicted octanol–water partition coefficient (Wildman–Crippen LogP) is 1.35. The van der Waals surface area contributed by atoms with Crippen LogP contribution >= 0.6 is 11.6 Å². The minimum absolute atomic E-state index is 0.0446. The van der Waals surface area contributed by atoms with Crippen LogP contribution in [0.1, 0.15) is 16.8 Å². The van der Waals surface area contributed by atoms with E-state index >= 15 is 0 Å². The van der Waals surface area contributed by atoms with E-state index in [1.165, 1.54) is 4.90 Å². The van der Waals surface area contributed by atoms with Crippen LogP contribution in [0.5, 0.6) is 0 Å². The monoisotopic (exact) mass is 295 g/mol. The second-order valence-electron chi connectivity index (χ2n) is 5.17. The number of hydrogen-bond donors (Lipinski definition) is 1. The molecule has 0 radical (unpaired) electrons. The van der Waals surface area contributed by atoms with Gasteiger partial charge in [-0.1, -0.05) is 11.6 Å². The summed E-state index contributed by atoms with van der Waals surface area (Å²) >= 11 is 6.15. The number of nitrogens with zero attached hydrogens (tertiary/aromatic N) is 2. The number of nitrogens with two attached hydrogens (primary N) is 1. The van der Waals surface area contributed by atoms with Crippen molar-refractivity contribution in [3.8, 4) is 0 Å². The van der Waals surface area contributed by atoms with Gasteiger partial charge in [0.1, 0.15) is 0 Å². The number of carbonyl (C=O) groups is 2. The summed E-state index contributed by atoms with van der Waals surface area (Å²) in [6.45, 7) is 1.10. The lowest BCUT2D eigenvalue weighted by Crippen LogP contribution is -2.26. The van der Waals surface area contributed by atoms with E-state index in [2.05, 4.69) is 0 Å². The molecule has 2 rings (SSSR count). The third-order valence-corrected chi connectivity index (χ3v) is 3.75. The molecule has 1 saturated heterocycles. The Balaban J connectivity index is 2.26. The fourth-order valence-electron chi connectivity index (χ4n) is 2.28. The minimum atomic E-state index is -0.158. The summed E-state index contributed by atoms with van der Waals surface area (Å²) < 4.78 is 0. The van der Waals surface area contributed by atoms with Crippen molar-refractivity contribution in [3.63, 3.8) is 0 Å². The van der Waals surface area contributed by atoms with Gasteiger partial charge in [0.25, 0.3) is 5.91 Å². The zero-order valence-corrected chi connectivity index (χ0v) is 12.4. The van der Waals surface area contributed by atoms with Gasteiger partial charge in [0.15, 0.2) is 0 Å². The molecule has 0 aromatic heterocycles. The van der Waals surface area contributed by atoms with E-state index in [0.29, 0.717) is 35.8 Å². The number of rotatable bonds is 3. The van der Waals surface area contributed by atoms with Crippen molar-refractivity contribution >= 4 is 29.1 Å². The van der Waals surface area contributed by atoms with Crippen molar-refractivity contribution < 1.29 is 9.59 Å². The standard InChI is InChI=1S/C14H18ClN3O2/c1-17(2)14(20)11-4-3-10(6-12(11)15)18-8-9(7-16)5-13(18)19/h3-4,6,9H,5,7-8,16H2,1-2H3. The van der Waals surface area contributed by atoms with Crippen molar-refractivity contribution in [2.24, 2.45) is 11.7 Å². The predicted molar refractivity (Wildman–Crippen MR) is 79.0 cm³/mol. The third-order valence-electron chi connectivity index (χ3n) is 3.44. The van der Waals surface area contributed by atoms with Gasteiger partial charge in [-0.3, -0.25) is 9.59 Å². The normalized spacial score (nSPS) is 18.5. The summed E-state index contributed by atoms with van der Waals surface area (Å²) in [7, 11) is 3.34. The maximum absolute atomic E-state index is 11.9. The van der Waals surface area contributed by atoms with Crippen LogP contribution in [0, 0.1) is 5.92 Å². The van der Waals surface area contributed by atoms with Crippen molar-refractivity contribution in [3.05, 3.63) is 28.8 Å². The molecule has 1 aromatic carbocycles. The van der Waals surface area contributed by atoms with E-state index in [1.807, 2.05) is 0 Å². The summed E-state index contributed by atoms with van der Waals surface area (Å²) in [6, 6.07) is 5.07. The fourth-order valence-corrected chi connectivity index (χ4v) is 2.53. The lowest BCUT2D eigenvalue weighted by atomic mass is 10.1. The van der Waals surface area contributed by atoms with Crippen LogP contribution < -0.4 is 10.6 Å². The maximum atomic E-state index is 11.9. The maximum Gasteiger partial charge on any atom is 0.254 e. The van der Waals surface area contributed by atoms with Gasteiger partial charge in [-0.25, -0.2) is 0 Å². The van der Waals surface area contributed by atoms with Gasteiger partial charge in [0.05, 0.1) is 10.6 Å². The molecule has 0 saturated carbocycles. The van der Waals surface area contributed by atoms with Gasteiger partial charge in [0, 0.05) is 32.7 Å². The smallest absolute Gasteiger partial charge is 0.254 e. The van der Waals surface area contributed by atoms with E-state index < -0.39 is 0 Å². The van der Waals surface area contributed by atoms with E-state index in [-0.39, 0.29) is 17.7 Å². The van der Waals surface area contributed by atoms with Crippen LogP contribution in [0.25, 0.3) is 0 Å². The lowest BCUT2D eigenvalue weighted by molar-refractivity contribution is -0.117. The second kappa shape index (κ2) is 5.81. The average molecular weight is 296 g/mol. The van der Waals surface area contributed by atoms with Gasteiger partial charge in [-0.05, 0) is 30.7 Å². The molecule has 5 nitrogen and oxygen atoms in total. The quantitative estimate of drug-likeness (QED) is 0.915. The summed E-state index contributed by atoms with van der Waals surface area (Å²) in [5.41, 5.74) is 6.76. The molecular formula is C14H18ClN3O2. The van der Waals surface area contributed by atoms with Gasteiger partial charge < -0.3 is 15.5 Å². The van der Waals surface area contributed by atoms with E-state index in [9.17, 15) is 9.59 Å². The first kappa shape index (κ1) is 14.8. The SMILES string of the molecule is CN(C)C(=O)c1ccc(N2CC(CN)CC2=O)cc1Cl. The molecule has 1 aliphatic heterocycles. The highest BCUT2D eigenvalue weighted by Crippen LogP contribution is 2.29. The Bertz CT molecular complexity index is 545. The molecule has 1 aliphatic rings. The molecule has 2 amide bonds. The van der Waals surface area contributed by atoms with E-state index in [0.717, 1.165) is 0 Å². The topological polar surface area (TPSA) is 66.6 Å². The largest absolute Gasteiger partial charge is 0.345 e. The lowest BCUT2D eigenvalue weighted by Gasteiger charge is -2.18.